The Balaban J connectivity index is 2.51. The highest BCUT2D eigenvalue weighted by atomic mass is 32.2. The standard InChI is InChI=1S/C17H15NO4S/c1-11(19)15-10-14(16-9-12(20)7-8-18(15)16)13-5-3-4-6-17(13)23(2,21)22/h3-10,19H,1-2H3. The van der Waals surface area contributed by atoms with Crippen molar-refractivity contribution in [1.82, 2.24) is 4.40 Å². The molecule has 3 rings (SSSR count). The molecule has 0 amide bonds. The lowest BCUT2D eigenvalue weighted by Crippen LogP contribution is -2.12. The highest BCUT2D eigenvalue weighted by molar-refractivity contribution is 7.90. The van der Waals surface area contributed by atoms with Crippen molar-refractivity contribution in [3.8, 4) is 11.1 Å². The molecule has 0 aliphatic rings. The summed E-state index contributed by atoms with van der Waals surface area (Å²) in [5, 5.41) is 10.4. The number of aliphatic hydroxyl groups is 1. The number of sulfone groups is 1. The van der Waals surface area contributed by atoms with Crippen molar-refractivity contribution in [2.24, 2.45) is 0 Å². The molecule has 118 valence electrons. The minimum atomic E-state index is -3.43. The maximum atomic E-state index is 12.0. The van der Waals surface area contributed by atoms with Crippen LogP contribution in [0.2, 0.25) is 0 Å². The van der Waals surface area contributed by atoms with Crippen LogP contribution in [-0.2, 0) is 9.84 Å². The molecular formula is C17H15NO4S. The topological polar surface area (TPSA) is 75.8 Å². The Bertz CT molecular complexity index is 1120. The van der Waals surface area contributed by atoms with Crippen LogP contribution in [-0.4, -0.2) is 24.2 Å². The fourth-order valence-corrected chi connectivity index (χ4v) is 3.59. The summed E-state index contributed by atoms with van der Waals surface area (Å²) < 4.78 is 25.8. The minimum absolute atomic E-state index is 0.0849. The number of aromatic nitrogens is 1. The summed E-state index contributed by atoms with van der Waals surface area (Å²) in [6, 6.07) is 11.1. The second-order valence-electron chi connectivity index (χ2n) is 5.41. The van der Waals surface area contributed by atoms with Gasteiger partial charge in [0.2, 0.25) is 0 Å². The first-order valence-electron chi connectivity index (χ1n) is 6.93. The molecular weight excluding hydrogens is 314 g/mol. The van der Waals surface area contributed by atoms with Crippen LogP contribution in [0.15, 0.2) is 58.4 Å². The smallest absolute Gasteiger partial charge is 0.182 e. The van der Waals surface area contributed by atoms with Gasteiger partial charge in [-0.1, -0.05) is 18.2 Å². The van der Waals surface area contributed by atoms with Crippen LogP contribution in [0.25, 0.3) is 22.4 Å². The van der Waals surface area contributed by atoms with Gasteiger partial charge in [0.25, 0.3) is 0 Å². The van der Waals surface area contributed by atoms with Gasteiger partial charge in [-0.25, -0.2) is 8.42 Å². The van der Waals surface area contributed by atoms with Crippen molar-refractivity contribution >= 4 is 21.1 Å². The van der Waals surface area contributed by atoms with Gasteiger partial charge in [0, 0.05) is 35.7 Å². The summed E-state index contributed by atoms with van der Waals surface area (Å²) in [4.78, 5) is 11.9. The normalized spacial score (nSPS) is 13.3. The van der Waals surface area contributed by atoms with Crippen LogP contribution in [0.1, 0.15) is 6.92 Å². The average molecular weight is 329 g/mol. The van der Waals surface area contributed by atoms with E-state index in [0.29, 0.717) is 22.0 Å². The Labute approximate surface area is 133 Å². The third-order valence-corrected chi connectivity index (χ3v) is 4.85. The summed E-state index contributed by atoms with van der Waals surface area (Å²) in [7, 11) is -3.43. The molecule has 1 N–H and O–H groups in total. The minimum Gasteiger partial charge on any atom is -0.510 e. The Morgan fingerprint density at radius 2 is 1.78 bits per heavy atom. The zero-order chi connectivity index (χ0) is 16.8. The Morgan fingerprint density at radius 3 is 2.43 bits per heavy atom. The lowest BCUT2D eigenvalue weighted by atomic mass is 10.1. The van der Waals surface area contributed by atoms with Crippen LogP contribution in [0.3, 0.4) is 0 Å². The van der Waals surface area contributed by atoms with Crippen molar-refractivity contribution in [3.05, 3.63) is 64.2 Å². The van der Waals surface area contributed by atoms with Crippen molar-refractivity contribution in [3.63, 3.8) is 0 Å². The van der Waals surface area contributed by atoms with E-state index in [1.54, 1.807) is 41.8 Å². The summed E-state index contributed by atoms with van der Waals surface area (Å²) in [5.74, 6) is 0.0849. The number of nitrogens with zero attached hydrogens (tertiary/aromatic N) is 1. The van der Waals surface area contributed by atoms with Gasteiger partial charge in [-0.2, -0.15) is 0 Å². The molecule has 0 radical (unpaired) electrons. The first-order chi connectivity index (χ1) is 10.8. The Kier molecular flexibility index (Phi) is 3.49. The van der Waals surface area contributed by atoms with Crippen molar-refractivity contribution < 1.29 is 13.5 Å². The molecule has 23 heavy (non-hydrogen) atoms. The summed E-state index contributed by atoms with van der Waals surface area (Å²) >= 11 is 0. The van der Waals surface area contributed by atoms with E-state index in [0.717, 1.165) is 6.26 Å². The Morgan fingerprint density at radius 1 is 1.09 bits per heavy atom. The van der Waals surface area contributed by atoms with Gasteiger partial charge >= 0.3 is 0 Å². The van der Waals surface area contributed by atoms with E-state index >= 15 is 0 Å². The van der Waals surface area contributed by atoms with Crippen LogP contribution in [0, 0.1) is 0 Å². The van der Waals surface area contributed by atoms with Gasteiger partial charge in [-0.15, -0.1) is 0 Å². The molecule has 0 unspecified atom stereocenters. The molecule has 0 saturated heterocycles. The van der Waals surface area contributed by atoms with E-state index < -0.39 is 9.84 Å². The number of rotatable bonds is 2. The third-order valence-electron chi connectivity index (χ3n) is 3.69. The van der Waals surface area contributed by atoms with E-state index in [-0.39, 0.29) is 16.1 Å². The molecule has 2 heterocycles. The predicted octanol–water partition coefficient (Wildman–Crippen LogP) is 1.77. The highest BCUT2D eigenvalue weighted by Crippen LogP contribution is 2.29. The van der Waals surface area contributed by atoms with E-state index in [1.165, 1.54) is 18.2 Å². The number of hydrogen-bond acceptors (Lipinski definition) is 4. The van der Waals surface area contributed by atoms with Crippen LogP contribution < -0.4 is 10.8 Å². The second kappa shape index (κ2) is 5.24. The maximum Gasteiger partial charge on any atom is 0.182 e. The first-order valence-corrected chi connectivity index (χ1v) is 8.82. The molecule has 0 aliphatic carbocycles. The van der Waals surface area contributed by atoms with Crippen LogP contribution >= 0.6 is 0 Å². The quantitative estimate of drug-likeness (QED) is 0.777. The molecule has 3 aromatic rings. The number of aliphatic hydroxyl groups excluding tert-OH is 1. The van der Waals surface area contributed by atoms with Gasteiger partial charge in [0.05, 0.1) is 15.8 Å². The van der Waals surface area contributed by atoms with Crippen LogP contribution in [0.4, 0.5) is 0 Å². The molecule has 2 aromatic heterocycles. The van der Waals surface area contributed by atoms with Crippen molar-refractivity contribution in [2.75, 3.05) is 6.26 Å². The second-order valence-corrected chi connectivity index (χ2v) is 7.40. The highest BCUT2D eigenvalue weighted by Gasteiger charge is 2.17. The van der Waals surface area contributed by atoms with Crippen molar-refractivity contribution in [2.45, 2.75) is 11.8 Å². The molecule has 0 aliphatic heterocycles. The number of pyridine rings is 1. The van der Waals surface area contributed by atoms with Gasteiger partial charge in [-0.3, -0.25) is 4.79 Å². The van der Waals surface area contributed by atoms with E-state index in [2.05, 4.69) is 0 Å². The number of hydrogen-bond donors (Lipinski definition) is 1. The fourth-order valence-electron chi connectivity index (χ4n) is 2.69. The molecule has 0 saturated carbocycles. The molecule has 0 bridgehead atoms. The summed E-state index contributed by atoms with van der Waals surface area (Å²) in [6.45, 7) is 1.54. The lowest BCUT2D eigenvalue weighted by Gasteiger charge is -2.07. The maximum absolute atomic E-state index is 12.0. The SMILES string of the molecule is CC(O)=c1cc(-c2ccccc2S(C)(=O)=O)c2cc(=O)ccn12. The number of benzene rings is 1. The largest absolute Gasteiger partial charge is 0.510 e. The van der Waals surface area contributed by atoms with E-state index in [1.807, 2.05) is 0 Å². The Hall–Kier alpha value is -2.60. The third kappa shape index (κ3) is 2.61. The zero-order valence-corrected chi connectivity index (χ0v) is 13.5. The first kappa shape index (κ1) is 15.3. The van der Waals surface area contributed by atoms with Crippen molar-refractivity contribution in [1.29, 1.82) is 0 Å². The summed E-state index contributed by atoms with van der Waals surface area (Å²) in [5.41, 5.74) is 1.46. The molecule has 5 nitrogen and oxygen atoms in total. The van der Waals surface area contributed by atoms with E-state index in [4.69, 9.17) is 0 Å². The van der Waals surface area contributed by atoms with E-state index in [9.17, 15) is 18.3 Å². The molecule has 1 aromatic carbocycles. The molecule has 0 spiro atoms. The van der Waals surface area contributed by atoms with Crippen LogP contribution in [0.5, 0.6) is 0 Å². The fraction of sp³-hybridized carbons (Fsp3) is 0.118. The molecule has 6 heteroatoms. The summed E-state index contributed by atoms with van der Waals surface area (Å²) in [6.07, 6.45) is 2.72. The van der Waals surface area contributed by atoms with Gasteiger partial charge in [0.15, 0.2) is 15.3 Å². The van der Waals surface area contributed by atoms with Gasteiger partial charge < -0.3 is 9.51 Å². The molecule has 0 atom stereocenters. The van der Waals surface area contributed by atoms with Gasteiger partial charge in [-0.05, 0) is 19.1 Å². The van der Waals surface area contributed by atoms with Gasteiger partial charge in [0.1, 0.15) is 5.76 Å². The molecule has 0 fully saturated rings. The predicted molar refractivity (Wildman–Crippen MR) is 89.1 cm³/mol. The zero-order valence-electron chi connectivity index (χ0n) is 12.6. The number of fused-ring (bicyclic) bond motifs is 1. The average Bonchev–Trinajstić information content (AvgIpc) is 2.85. The monoisotopic (exact) mass is 329 g/mol. The lowest BCUT2D eigenvalue weighted by molar-refractivity contribution is 0.496.